The summed E-state index contributed by atoms with van der Waals surface area (Å²) in [6, 6.07) is 14.7. The number of nitrogens with zero attached hydrogens (tertiary/aromatic N) is 1. The van der Waals surface area contributed by atoms with Crippen molar-refractivity contribution in [1.29, 1.82) is 0 Å². The summed E-state index contributed by atoms with van der Waals surface area (Å²) in [6.07, 6.45) is 4.26. The predicted molar refractivity (Wildman–Crippen MR) is 103 cm³/mol. The molecule has 1 aliphatic heterocycles. The molecular formula is C19H23ClN2O2S. The van der Waals surface area contributed by atoms with Gasteiger partial charge < -0.3 is 4.90 Å². The van der Waals surface area contributed by atoms with Crippen LogP contribution in [0.2, 0.25) is 5.02 Å². The molecule has 0 bridgehead atoms. The third-order valence-electron chi connectivity index (χ3n) is 4.48. The number of benzene rings is 2. The van der Waals surface area contributed by atoms with Gasteiger partial charge in [-0.2, -0.15) is 0 Å². The molecule has 0 atom stereocenters. The highest BCUT2D eigenvalue weighted by Crippen LogP contribution is 2.26. The molecule has 0 unspecified atom stereocenters. The smallest absolute Gasteiger partial charge is 0.240 e. The molecular weight excluding hydrogens is 356 g/mol. The van der Waals surface area contributed by atoms with E-state index in [1.165, 1.54) is 36.2 Å². The van der Waals surface area contributed by atoms with Crippen LogP contribution in [0.5, 0.6) is 0 Å². The predicted octanol–water partition coefficient (Wildman–Crippen LogP) is 3.85. The van der Waals surface area contributed by atoms with Gasteiger partial charge in [0.1, 0.15) is 0 Å². The first-order valence-corrected chi connectivity index (χ1v) is 10.5. The number of hydrogen-bond acceptors (Lipinski definition) is 3. The summed E-state index contributed by atoms with van der Waals surface area (Å²) >= 11 is 5.81. The number of hydrogen-bond donors (Lipinski definition) is 1. The highest BCUT2D eigenvalue weighted by molar-refractivity contribution is 7.89. The minimum absolute atomic E-state index is 0.247. The van der Waals surface area contributed by atoms with Crippen LogP contribution >= 0.6 is 11.6 Å². The average Bonchev–Trinajstić information content (AvgIpc) is 2.81. The lowest BCUT2D eigenvalue weighted by Crippen LogP contribution is -2.30. The van der Waals surface area contributed by atoms with Crippen LogP contribution in [0.3, 0.4) is 0 Å². The third-order valence-corrected chi connectivity index (χ3v) is 6.21. The van der Waals surface area contributed by atoms with Gasteiger partial charge in [0.15, 0.2) is 0 Å². The van der Waals surface area contributed by atoms with Crippen molar-refractivity contribution in [1.82, 2.24) is 4.72 Å². The number of anilines is 1. The van der Waals surface area contributed by atoms with Gasteiger partial charge in [-0.25, -0.2) is 13.1 Å². The zero-order valence-electron chi connectivity index (χ0n) is 14.1. The molecule has 0 fully saturated rings. The Morgan fingerprint density at radius 3 is 2.60 bits per heavy atom. The molecule has 0 spiro atoms. The van der Waals surface area contributed by atoms with E-state index in [2.05, 4.69) is 33.9 Å². The molecule has 2 aromatic carbocycles. The lowest BCUT2D eigenvalue weighted by Gasteiger charge is -2.25. The quantitative estimate of drug-likeness (QED) is 0.776. The Morgan fingerprint density at radius 2 is 1.80 bits per heavy atom. The van der Waals surface area contributed by atoms with Gasteiger partial charge >= 0.3 is 0 Å². The van der Waals surface area contributed by atoms with Crippen molar-refractivity contribution < 1.29 is 8.42 Å². The van der Waals surface area contributed by atoms with Gasteiger partial charge in [-0.15, -0.1) is 0 Å². The van der Waals surface area contributed by atoms with Gasteiger partial charge in [-0.1, -0.05) is 29.8 Å². The summed E-state index contributed by atoms with van der Waals surface area (Å²) < 4.78 is 27.2. The van der Waals surface area contributed by atoms with Crippen LogP contribution < -0.4 is 9.62 Å². The fraction of sp³-hybridized carbons (Fsp3) is 0.368. The molecule has 3 rings (SSSR count). The van der Waals surface area contributed by atoms with Crippen LogP contribution in [0, 0.1) is 0 Å². The molecule has 0 saturated carbocycles. The zero-order valence-corrected chi connectivity index (χ0v) is 15.7. The fourth-order valence-electron chi connectivity index (χ4n) is 3.18. The highest BCUT2D eigenvalue weighted by Gasteiger charge is 2.16. The molecule has 1 heterocycles. The van der Waals surface area contributed by atoms with E-state index in [9.17, 15) is 8.42 Å². The Hall–Kier alpha value is -1.56. The molecule has 0 aliphatic carbocycles. The summed E-state index contributed by atoms with van der Waals surface area (Å²) in [5.74, 6) is 0. The van der Waals surface area contributed by atoms with Gasteiger partial charge in [0.2, 0.25) is 10.0 Å². The second kappa shape index (κ2) is 8.21. The van der Waals surface area contributed by atoms with Crippen LogP contribution in [0.4, 0.5) is 5.69 Å². The lowest BCUT2D eigenvalue weighted by molar-refractivity contribution is 0.577. The molecule has 0 saturated heterocycles. The van der Waals surface area contributed by atoms with Crippen LogP contribution in [0.15, 0.2) is 53.4 Å². The fourth-order valence-corrected chi connectivity index (χ4v) is 4.38. The van der Waals surface area contributed by atoms with Crippen LogP contribution in [-0.4, -0.2) is 28.1 Å². The van der Waals surface area contributed by atoms with Crippen molar-refractivity contribution in [3.63, 3.8) is 0 Å². The largest absolute Gasteiger partial charge is 0.371 e. The van der Waals surface area contributed by atoms with Crippen LogP contribution in [0.1, 0.15) is 24.8 Å². The molecule has 134 valence electrons. The zero-order chi connectivity index (χ0) is 17.7. The van der Waals surface area contributed by atoms with E-state index in [0.29, 0.717) is 11.6 Å². The maximum Gasteiger partial charge on any atom is 0.240 e. The number of para-hydroxylation sites is 1. The third kappa shape index (κ3) is 4.75. The minimum Gasteiger partial charge on any atom is -0.371 e. The number of nitrogens with one attached hydrogen (secondary N) is 1. The number of fused-ring (bicyclic) bond motifs is 1. The number of halogens is 1. The van der Waals surface area contributed by atoms with Gasteiger partial charge in [-0.05, 0) is 61.6 Å². The van der Waals surface area contributed by atoms with E-state index in [1.54, 1.807) is 12.1 Å². The summed E-state index contributed by atoms with van der Waals surface area (Å²) in [5, 5.41) is 0.527. The lowest BCUT2D eigenvalue weighted by atomic mass is 10.1. The summed E-state index contributed by atoms with van der Waals surface area (Å²) in [7, 11) is -3.47. The second-order valence-corrected chi connectivity index (χ2v) is 8.48. The van der Waals surface area contributed by atoms with Crippen molar-refractivity contribution >= 4 is 27.3 Å². The SMILES string of the molecule is O=S(=O)(NCCCN1CCCCc2ccccc21)c1ccc(Cl)cc1. The van der Waals surface area contributed by atoms with E-state index in [4.69, 9.17) is 11.6 Å². The highest BCUT2D eigenvalue weighted by atomic mass is 35.5. The van der Waals surface area contributed by atoms with Crippen molar-refractivity contribution in [2.75, 3.05) is 24.5 Å². The van der Waals surface area contributed by atoms with Crippen molar-refractivity contribution in [2.24, 2.45) is 0 Å². The average molecular weight is 379 g/mol. The molecule has 0 amide bonds. The van der Waals surface area contributed by atoms with E-state index >= 15 is 0 Å². The van der Waals surface area contributed by atoms with E-state index in [0.717, 1.165) is 25.9 Å². The van der Waals surface area contributed by atoms with Gasteiger partial charge in [0.05, 0.1) is 4.90 Å². The molecule has 1 N–H and O–H groups in total. The number of aryl methyl sites for hydroxylation is 1. The maximum atomic E-state index is 12.3. The number of sulfonamides is 1. The Labute approximate surface area is 154 Å². The van der Waals surface area contributed by atoms with Crippen molar-refractivity contribution in [3.8, 4) is 0 Å². The molecule has 2 aromatic rings. The van der Waals surface area contributed by atoms with Crippen LogP contribution in [0.25, 0.3) is 0 Å². The topological polar surface area (TPSA) is 49.4 Å². The molecule has 6 heteroatoms. The van der Waals surface area contributed by atoms with Gasteiger partial charge in [0, 0.05) is 30.3 Å². The molecule has 0 aromatic heterocycles. The Bertz CT molecular complexity index is 806. The molecule has 0 radical (unpaired) electrons. The molecule has 25 heavy (non-hydrogen) atoms. The maximum absolute atomic E-state index is 12.3. The van der Waals surface area contributed by atoms with E-state index in [1.807, 2.05) is 0 Å². The summed E-state index contributed by atoms with van der Waals surface area (Å²) in [4.78, 5) is 2.62. The minimum atomic E-state index is -3.47. The molecule has 4 nitrogen and oxygen atoms in total. The second-order valence-electron chi connectivity index (χ2n) is 6.28. The Balaban J connectivity index is 1.55. The standard InChI is InChI=1S/C19H23ClN2O2S/c20-17-9-11-18(12-10-17)25(23,24)21-13-5-15-22-14-4-3-7-16-6-1-2-8-19(16)22/h1-2,6,8-12,21H,3-5,7,13-15H2. The normalized spacial score (nSPS) is 14.8. The van der Waals surface area contributed by atoms with Gasteiger partial charge in [-0.3, -0.25) is 0 Å². The van der Waals surface area contributed by atoms with Crippen molar-refractivity contribution in [2.45, 2.75) is 30.6 Å². The van der Waals surface area contributed by atoms with Crippen LogP contribution in [-0.2, 0) is 16.4 Å². The Kier molecular flexibility index (Phi) is 5.99. The van der Waals surface area contributed by atoms with E-state index in [-0.39, 0.29) is 4.90 Å². The molecule has 1 aliphatic rings. The first-order chi connectivity index (χ1) is 12.1. The van der Waals surface area contributed by atoms with E-state index < -0.39 is 10.0 Å². The summed E-state index contributed by atoms with van der Waals surface area (Å²) in [6.45, 7) is 2.30. The van der Waals surface area contributed by atoms with Gasteiger partial charge in [0.25, 0.3) is 0 Å². The van der Waals surface area contributed by atoms with Crippen molar-refractivity contribution in [3.05, 3.63) is 59.1 Å². The monoisotopic (exact) mass is 378 g/mol. The summed E-state index contributed by atoms with van der Waals surface area (Å²) in [5.41, 5.74) is 2.68. The number of rotatable bonds is 6. The first-order valence-electron chi connectivity index (χ1n) is 8.64. The Morgan fingerprint density at radius 1 is 1.04 bits per heavy atom. The first kappa shape index (κ1) is 18.2.